The van der Waals surface area contributed by atoms with Gasteiger partial charge in [-0.2, -0.15) is 4.57 Å². The third-order valence-electron chi connectivity index (χ3n) is 2.42. The van der Waals surface area contributed by atoms with E-state index >= 15 is 0 Å². The van der Waals surface area contributed by atoms with E-state index in [4.69, 9.17) is 0 Å². The van der Waals surface area contributed by atoms with Crippen molar-refractivity contribution in [3.8, 4) is 5.69 Å². The molecule has 0 atom stereocenters. The van der Waals surface area contributed by atoms with Gasteiger partial charge in [-0.3, -0.25) is 0 Å². The molecular weight excluding hydrogens is 206 g/mol. The molecule has 0 N–H and O–H groups in total. The minimum absolute atomic E-state index is 0.152. The van der Waals surface area contributed by atoms with Gasteiger partial charge in [0.1, 0.15) is 18.1 Å². The second-order valence-electron chi connectivity index (χ2n) is 3.34. The van der Waals surface area contributed by atoms with Crippen LogP contribution in [0.2, 0.25) is 0 Å². The SMILES string of the molecule is CCc1ccccc1-n1ccnc1[N+](=O)[O-]. The number of para-hydroxylation sites is 1. The number of hydrogen-bond donors (Lipinski definition) is 0. The third kappa shape index (κ3) is 1.67. The van der Waals surface area contributed by atoms with Gasteiger partial charge in [-0.05, 0) is 23.0 Å². The number of imidazole rings is 1. The lowest BCUT2D eigenvalue weighted by Crippen LogP contribution is -2.03. The Hall–Kier alpha value is -2.17. The topological polar surface area (TPSA) is 61.0 Å². The molecule has 0 bridgehead atoms. The molecule has 2 rings (SSSR count). The van der Waals surface area contributed by atoms with Gasteiger partial charge in [0, 0.05) is 0 Å². The second kappa shape index (κ2) is 4.14. The van der Waals surface area contributed by atoms with Gasteiger partial charge < -0.3 is 10.1 Å². The molecule has 0 amide bonds. The Labute approximate surface area is 92.5 Å². The Morgan fingerprint density at radius 2 is 2.19 bits per heavy atom. The van der Waals surface area contributed by atoms with E-state index in [1.54, 1.807) is 6.20 Å². The third-order valence-corrected chi connectivity index (χ3v) is 2.42. The summed E-state index contributed by atoms with van der Waals surface area (Å²) in [4.78, 5) is 14.0. The Morgan fingerprint density at radius 3 is 2.88 bits per heavy atom. The summed E-state index contributed by atoms with van der Waals surface area (Å²) in [5.74, 6) is -0.152. The van der Waals surface area contributed by atoms with Crippen LogP contribution < -0.4 is 0 Å². The highest BCUT2D eigenvalue weighted by molar-refractivity contribution is 5.44. The van der Waals surface area contributed by atoms with Crippen molar-refractivity contribution in [2.24, 2.45) is 0 Å². The number of benzene rings is 1. The predicted molar refractivity (Wildman–Crippen MR) is 59.6 cm³/mol. The molecule has 5 heteroatoms. The molecule has 0 spiro atoms. The molecule has 1 heterocycles. The van der Waals surface area contributed by atoms with Gasteiger partial charge in [0.2, 0.25) is 0 Å². The maximum atomic E-state index is 10.8. The molecule has 1 aromatic heterocycles. The van der Waals surface area contributed by atoms with Crippen LogP contribution in [0.1, 0.15) is 12.5 Å². The average Bonchev–Trinajstić information content (AvgIpc) is 2.77. The zero-order valence-electron chi connectivity index (χ0n) is 8.83. The number of aryl methyl sites for hydroxylation is 1. The maximum absolute atomic E-state index is 10.8. The Balaban J connectivity index is 2.58. The fraction of sp³-hybridized carbons (Fsp3) is 0.182. The van der Waals surface area contributed by atoms with Gasteiger partial charge in [-0.25, -0.2) is 0 Å². The predicted octanol–water partition coefficient (Wildman–Crippen LogP) is 2.34. The molecular formula is C11H11N3O2. The molecule has 0 unspecified atom stereocenters. The minimum atomic E-state index is -0.480. The van der Waals surface area contributed by atoms with Crippen LogP contribution in [0, 0.1) is 10.1 Å². The second-order valence-corrected chi connectivity index (χ2v) is 3.34. The highest BCUT2D eigenvalue weighted by Crippen LogP contribution is 2.20. The highest BCUT2D eigenvalue weighted by atomic mass is 16.6. The fourth-order valence-corrected chi connectivity index (χ4v) is 1.66. The van der Waals surface area contributed by atoms with Gasteiger partial charge >= 0.3 is 5.95 Å². The molecule has 1 aromatic carbocycles. The van der Waals surface area contributed by atoms with Crippen LogP contribution in [0.3, 0.4) is 0 Å². The summed E-state index contributed by atoms with van der Waals surface area (Å²) in [6, 6.07) is 7.59. The summed E-state index contributed by atoms with van der Waals surface area (Å²) in [6.07, 6.45) is 3.86. The van der Waals surface area contributed by atoms with E-state index in [2.05, 4.69) is 4.98 Å². The van der Waals surface area contributed by atoms with Crippen molar-refractivity contribution in [2.75, 3.05) is 0 Å². The van der Waals surface area contributed by atoms with Crippen LogP contribution in [0.5, 0.6) is 0 Å². The first-order chi connectivity index (χ1) is 7.74. The van der Waals surface area contributed by atoms with E-state index in [0.29, 0.717) is 0 Å². The van der Waals surface area contributed by atoms with Gasteiger partial charge in [0.25, 0.3) is 0 Å². The van der Waals surface area contributed by atoms with Gasteiger partial charge in [0.15, 0.2) is 0 Å². The summed E-state index contributed by atoms with van der Waals surface area (Å²) >= 11 is 0. The quantitative estimate of drug-likeness (QED) is 0.585. The van der Waals surface area contributed by atoms with Gasteiger partial charge in [0.05, 0.1) is 0 Å². The molecule has 0 aliphatic heterocycles. The molecule has 0 saturated carbocycles. The number of hydrogen-bond acceptors (Lipinski definition) is 3. The standard InChI is InChI=1S/C11H11N3O2/c1-2-9-5-3-4-6-10(9)13-8-7-12-11(13)14(15)16/h3-8H,2H2,1H3. The summed E-state index contributed by atoms with van der Waals surface area (Å²) in [7, 11) is 0. The molecule has 5 nitrogen and oxygen atoms in total. The van der Waals surface area contributed by atoms with Crippen molar-refractivity contribution in [3.63, 3.8) is 0 Å². The van der Waals surface area contributed by atoms with Crippen molar-refractivity contribution < 1.29 is 4.92 Å². The Kier molecular flexibility index (Phi) is 2.68. The molecule has 82 valence electrons. The number of nitrogens with zero attached hydrogens (tertiary/aromatic N) is 3. The molecule has 0 radical (unpaired) electrons. The highest BCUT2D eigenvalue weighted by Gasteiger charge is 2.17. The molecule has 0 saturated heterocycles. The van der Waals surface area contributed by atoms with E-state index in [1.807, 2.05) is 31.2 Å². The van der Waals surface area contributed by atoms with Crippen molar-refractivity contribution in [2.45, 2.75) is 13.3 Å². The zero-order chi connectivity index (χ0) is 11.5. The van der Waals surface area contributed by atoms with Crippen LogP contribution in [0.4, 0.5) is 5.95 Å². The van der Waals surface area contributed by atoms with Crippen molar-refractivity contribution in [1.82, 2.24) is 9.55 Å². The first-order valence-corrected chi connectivity index (χ1v) is 5.00. The molecule has 0 aliphatic carbocycles. The summed E-state index contributed by atoms with van der Waals surface area (Å²) in [5.41, 5.74) is 1.87. The lowest BCUT2D eigenvalue weighted by Gasteiger charge is -2.05. The van der Waals surface area contributed by atoms with Crippen molar-refractivity contribution >= 4 is 5.95 Å². The molecule has 16 heavy (non-hydrogen) atoms. The largest absolute Gasteiger partial charge is 0.439 e. The zero-order valence-corrected chi connectivity index (χ0v) is 8.83. The van der Waals surface area contributed by atoms with Crippen molar-refractivity contribution in [1.29, 1.82) is 0 Å². The molecule has 0 fully saturated rings. The monoisotopic (exact) mass is 217 g/mol. The minimum Gasteiger partial charge on any atom is -0.390 e. The van der Waals surface area contributed by atoms with Crippen molar-refractivity contribution in [3.05, 3.63) is 52.3 Å². The van der Waals surface area contributed by atoms with Crippen LogP contribution >= 0.6 is 0 Å². The fourth-order valence-electron chi connectivity index (χ4n) is 1.66. The number of aromatic nitrogens is 2. The van der Waals surface area contributed by atoms with Crippen LogP contribution in [-0.4, -0.2) is 14.5 Å². The van der Waals surface area contributed by atoms with E-state index < -0.39 is 4.92 Å². The smallest absolute Gasteiger partial charge is 0.390 e. The lowest BCUT2D eigenvalue weighted by atomic mass is 10.1. The number of rotatable bonds is 3. The summed E-state index contributed by atoms with van der Waals surface area (Å²) in [6.45, 7) is 2.02. The summed E-state index contributed by atoms with van der Waals surface area (Å²) < 4.78 is 1.50. The summed E-state index contributed by atoms with van der Waals surface area (Å²) in [5, 5.41) is 10.8. The van der Waals surface area contributed by atoms with Crippen LogP contribution in [-0.2, 0) is 6.42 Å². The Bertz CT molecular complexity index is 519. The van der Waals surface area contributed by atoms with Gasteiger partial charge in [-0.1, -0.05) is 30.1 Å². The lowest BCUT2D eigenvalue weighted by molar-refractivity contribution is -0.395. The van der Waals surface area contributed by atoms with E-state index in [-0.39, 0.29) is 5.95 Å². The maximum Gasteiger partial charge on any atom is 0.439 e. The Morgan fingerprint density at radius 1 is 1.44 bits per heavy atom. The van der Waals surface area contributed by atoms with E-state index in [0.717, 1.165) is 17.7 Å². The molecule has 0 aliphatic rings. The molecule has 2 aromatic rings. The number of nitro groups is 1. The van der Waals surface area contributed by atoms with Gasteiger partial charge in [-0.15, -0.1) is 0 Å². The first kappa shape index (κ1) is 10.4. The van der Waals surface area contributed by atoms with E-state index in [9.17, 15) is 10.1 Å². The van der Waals surface area contributed by atoms with Crippen LogP contribution in [0.25, 0.3) is 5.69 Å². The normalized spacial score (nSPS) is 10.3. The van der Waals surface area contributed by atoms with Crippen LogP contribution in [0.15, 0.2) is 36.7 Å². The first-order valence-electron chi connectivity index (χ1n) is 5.00. The average molecular weight is 217 g/mol. The van der Waals surface area contributed by atoms with E-state index in [1.165, 1.54) is 10.8 Å².